The lowest BCUT2D eigenvalue weighted by atomic mass is 9.83. The maximum atomic E-state index is 12.9. The van der Waals surface area contributed by atoms with Gasteiger partial charge in [-0.15, -0.1) is 0 Å². The summed E-state index contributed by atoms with van der Waals surface area (Å²) >= 11 is 0. The van der Waals surface area contributed by atoms with Gasteiger partial charge >= 0.3 is 0 Å². The number of carbonyl (C=O) groups excluding carboxylic acids is 1. The molecule has 1 amide bonds. The van der Waals surface area contributed by atoms with E-state index in [1.54, 1.807) is 18.2 Å². The predicted molar refractivity (Wildman–Crippen MR) is 122 cm³/mol. The van der Waals surface area contributed by atoms with Crippen molar-refractivity contribution in [1.82, 2.24) is 9.73 Å². The molecule has 0 aromatic heterocycles. The Morgan fingerprint density at radius 3 is 2.35 bits per heavy atom. The third-order valence-corrected chi connectivity index (χ3v) is 8.09. The van der Waals surface area contributed by atoms with Crippen molar-refractivity contribution in [3.8, 4) is 0 Å². The number of rotatable bonds is 5. The molecule has 4 rings (SSSR count). The Kier molecular flexibility index (Phi) is 6.83. The molecule has 0 radical (unpaired) electrons. The van der Waals surface area contributed by atoms with Crippen molar-refractivity contribution in [2.45, 2.75) is 55.8 Å². The number of hydrogen-bond acceptors (Lipinski definition) is 4. The van der Waals surface area contributed by atoms with Gasteiger partial charge in [-0.2, -0.15) is 9.41 Å². The molecule has 6 nitrogen and oxygen atoms in total. The number of nitrogens with one attached hydrogen (secondary N) is 1. The van der Waals surface area contributed by atoms with E-state index >= 15 is 0 Å². The van der Waals surface area contributed by atoms with Crippen LogP contribution in [0.3, 0.4) is 0 Å². The Morgan fingerprint density at radius 2 is 1.65 bits per heavy atom. The van der Waals surface area contributed by atoms with E-state index in [-0.39, 0.29) is 10.8 Å². The molecule has 1 aliphatic carbocycles. The Labute approximate surface area is 184 Å². The minimum absolute atomic E-state index is 0.165. The summed E-state index contributed by atoms with van der Waals surface area (Å²) in [5, 5.41) is 4.33. The second-order valence-corrected chi connectivity index (χ2v) is 10.2. The van der Waals surface area contributed by atoms with E-state index in [0.29, 0.717) is 24.6 Å². The molecule has 0 bridgehead atoms. The van der Waals surface area contributed by atoms with E-state index in [4.69, 9.17) is 0 Å². The Morgan fingerprint density at radius 1 is 0.935 bits per heavy atom. The highest BCUT2D eigenvalue weighted by molar-refractivity contribution is 7.89. The molecule has 1 heterocycles. The molecular formula is C24H29N3O3S. The summed E-state index contributed by atoms with van der Waals surface area (Å²) in [4.78, 5) is 12.8. The summed E-state index contributed by atoms with van der Waals surface area (Å²) < 4.78 is 27.3. The number of hydrazone groups is 1. The van der Waals surface area contributed by atoms with E-state index < -0.39 is 10.0 Å². The zero-order chi connectivity index (χ0) is 21.7. The van der Waals surface area contributed by atoms with Crippen molar-refractivity contribution in [1.29, 1.82) is 0 Å². The summed E-state index contributed by atoms with van der Waals surface area (Å²) in [7, 11) is -3.57. The molecule has 2 aromatic carbocycles. The normalized spacial score (nSPS) is 20.3. The molecular weight excluding hydrogens is 410 g/mol. The summed E-state index contributed by atoms with van der Waals surface area (Å²) in [6.45, 7) is 1.08. The molecule has 31 heavy (non-hydrogen) atoms. The van der Waals surface area contributed by atoms with Gasteiger partial charge in [-0.05, 0) is 68.2 Å². The number of sulfonamides is 1. The first kappa shape index (κ1) is 21.7. The molecule has 1 aliphatic heterocycles. The van der Waals surface area contributed by atoms with Gasteiger partial charge < -0.3 is 0 Å². The second kappa shape index (κ2) is 9.75. The van der Waals surface area contributed by atoms with Crippen LogP contribution in [0.5, 0.6) is 0 Å². The molecule has 164 valence electrons. The van der Waals surface area contributed by atoms with Gasteiger partial charge in [0.1, 0.15) is 0 Å². The third-order valence-electron chi connectivity index (χ3n) is 6.20. The maximum absolute atomic E-state index is 12.9. The third kappa shape index (κ3) is 5.22. The largest absolute Gasteiger partial charge is 0.271 e. The van der Waals surface area contributed by atoms with Gasteiger partial charge in [-0.1, -0.05) is 42.8 Å². The van der Waals surface area contributed by atoms with Crippen molar-refractivity contribution in [2.24, 2.45) is 5.10 Å². The molecule has 2 aromatic rings. The standard InChI is InChI=1S/C24H29N3O3S/c28-24(26-25-22-14-12-20(13-15-22)19-8-3-1-4-9-19)21-10-7-11-23(18-21)31(29,30)27-16-5-2-6-17-27/h1,3-4,7-11,18,20H,2,5-6,12-17H2,(H,26,28). The first-order valence-corrected chi connectivity index (χ1v) is 12.5. The molecule has 2 fully saturated rings. The predicted octanol–water partition coefficient (Wildman–Crippen LogP) is 4.30. The van der Waals surface area contributed by atoms with Crippen LogP contribution in [0, 0.1) is 0 Å². The highest BCUT2D eigenvalue weighted by Gasteiger charge is 2.26. The van der Waals surface area contributed by atoms with E-state index in [2.05, 4.69) is 34.8 Å². The van der Waals surface area contributed by atoms with Crippen molar-refractivity contribution in [2.75, 3.05) is 13.1 Å². The molecule has 1 N–H and O–H groups in total. The van der Waals surface area contributed by atoms with Crippen LogP contribution in [-0.4, -0.2) is 37.4 Å². The SMILES string of the molecule is O=C(NN=C1CCC(c2ccccc2)CC1)c1cccc(S(=O)(=O)N2CCCCC2)c1. The number of carbonyl (C=O) groups is 1. The molecule has 1 saturated heterocycles. The molecule has 0 spiro atoms. The van der Waals surface area contributed by atoms with Gasteiger partial charge in [-0.25, -0.2) is 13.8 Å². The van der Waals surface area contributed by atoms with Crippen LogP contribution >= 0.6 is 0 Å². The fourth-order valence-corrected chi connectivity index (χ4v) is 5.93. The van der Waals surface area contributed by atoms with Gasteiger partial charge in [0.2, 0.25) is 10.0 Å². The van der Waals surface area contributed by atoms with Crippen LogP contribution in [0.15, 0.2) is 64.6 Å². The minimum atomic E-state index is -3.57. The monoisotopic (exact) mass is 439 g/mol. The Bertz CT molecular complexity index is 1030. The maximum Gasteiger partial charge on any atom is 0.271 e. The average molecular weight is 440 g/mol. The Hall–Kier alpha value is -2.51. The van der Waals surface area contributed by atoms with Gasteiger partial charge in [0.05, 0.1) is 4.90 Å². The van der Waals surface area contributed by atoms with E-state index in [9.17, 15) is 13.2 Å². The number of amides is 1. The highest BCUT2D eigenvalue weighted by atomic mass is 32.2. The van der Waals surface area contributed by atoms with Gasteiger partial charge in [-0.3, -0.25) is 4.79 Å². The van der Waals surface area contributed by atoms with Gasteiger partial charge in [0.15, 0.2) is 0 Å². The smallest absolute Gasteiger partial charge is 0.267 e. The van der Waals surface area contributed by atoms with E-state index in [1.165, 1.54) is 15.9 Å². The summed E-state index contributed by atoms with van der Waals surface area (Å²) in [6.07, 6.45) is 6.54. The number of nitrogens with zero attached hydrogens (tertiary/aromatic N) is 2. The number of benzene rings is 2. The van der Waals surface area contributed by atoms with E-state index in [1.807, 2.05) is 6.07 Å². The van der Waals surface area contributed by atoms with Gasteiger partial charge in [0.25, 0.3) is 5.91 Å². The second-order valence-electron chi connectivity index (χ2n) is 8.30. The molecule has 1 saturated carbocycles. The minimum Gasteiger partial charge on any atom is -0.267 e. The first-order chi connectivity index (χ1) is 15.0. The zero-order valence-electron chi connectivity index (χ0n) is 17.7. The van der Waals surface area contributed by atoms with Crippen molar-refractivity contribution in [3.05, 3.63) is 65.7 Å². The quantitative estimate of drug-likeness (QED) is 0.705. The van der Waals surface area contributed by atoms with Crippen LogP contribution in [-0.2, 0) is 10.0 Å². The highest BCUT2D eigenvalue weighted by Crippen LogP contribution is 2.31. The number of piperidine rings is 1. The van der Waals surface area contributed by atoms with E-state index in [0.717, 1.165) is 50.7 Å². The fourth-order valence-electron chi connectivity index (χ4n) is 4.37. The lowest BCUT2D eigenvalue weighted by molar-refractivity contribution is 0.0954. The van der Waals surface area contributed by atoms with Crippen LogP contribution in [0.4, 0.5) is 0 Å². The summed E-state index contributed by atoms with van der Waals surface area (Å²) in [5.74, 6) is 0.154. The van der Waals surface area contributed by atoms with Crippen molar-refractivity contribution < 1.29 is 13.2 Å². The van der Waals surface area contributed by atoms with Crippen LogP contribution in [0.25, 0.3) is 0 Å². The van der Waals surface area contributed by atoms with Crippen molar-refractivity contribution in [3.63, 3.8) is 0 Å². The summed E-state index contributed by atoms with van der Waals surface area (Å²) in [5.41, 5.74) is 5.27. The van der Waals surface area contributed by atoms with Crippen LogP contribution in [0.2, 0.25) is 0 Å². The van der Waals surface area contributed by atoms with Gasteiger partial charge in [0, 0.05) is 24.4 Å². The average Bonchev–Trinajstić information content (AvgIpc) is 2.84. The number of hydrogen-bond donors (Lipinski definition) is 1. The topological polar surface area (TPSA) is 78.8 Å². The zero-order valence-corrected chi connectivity index (χ0v) is 18.5. The molecule has 0 atom stereocenters. The molecule has 2 aliphatic rings. The lowest BCUT2D eigenvalue weighted by Gasteiger charge is -2.26. The Balaban J connectivity index is 1.38. The molecule has 0 unspecified atom stereocenters. The van der Waals surface area contributed by atoms with Crippen LogP contribution < -0.4 is 5.43 Å². The summed E-state index contributed by atoms with van der Waals surface area (Å²) in [6, 6.07) is 16.7. The van der Waals surface area contributed by atoms with Crippen molar-refractivity contribution >= 4 is 21.6 Å². The molecule has 7 heteroatoms. The lowest BCUT2D eigenvalue weighted by Crippen LogP contribution is -2.35. The first-order valence-electron chi connectivity index (χ1n) is 11.0. The van der Waals surface area contributed by atoms with Crippen LogP contribution in [0.1, 0.15) is 66.8 Å². The fraction of sp³-hybridized carbons (Fsp3) is 0.417.